The van der Waals surface area contributed by atoms with Crippen LogP contribution in [0.5, 0.6) is 0 Å². The highest BCUT2D eigenvalue weighted by Gasteiger charge is 2.17. The molecule has 0 aromatic carbocycles. The molecule has 16 heavy (non-hydrogen) atoms. The Labute approximate surface area is 95.0 Å². The number of hydrogen-bond donors (Lipinski definition) is 3. The second-order valence-corrected chi connectivity index (χ2v) is 4.22. The molecule has 5 nitrogen and oxygen atoms in total. The molecule has 0 atom stereocenters. The summed E-state index contributed by atoms with van der Waals surface area (Å²) in [5, 5.41) is 12.6. The predicted octanol–water partition coefficient (Wildman–Crippen LogP) is 1.51. The van der Waals surface area contributed by atoms with Crippen LogP contribution in [-0.4, -0.2) is 29.2 Å². The first-order valence-electron chi connectivity index (χ1n) is 5.83. The number of aromatic amines is 1. The van der Waals surface area contributed by atoms with Crippen LogP contribution in [0.15, 0.2) is 6.20 Å². The van der Waals surface area contributed by atoms with E-state index in [4.69, 9.17) is 0 Å². The van der Waals surface area contributed by atoms with Gasteiger partial charge in [-0.1, -0.05) is 19.3 Å². The summed E-state index contributed by atoms with van der Waals surface area (Å²) in [6.45, 7) is 0. The van der Waals surface area contributed by atoms with Gasteiger partial charge in [-0.3, -0.25) is 9.89 Å². The van der Waals surface area contributed by atoms with Crippen molar-refractivity contribution in [3.63, 3.8) is 0 Å². The molecular formula is C11H18N4O. The third kappa shape index (κ3) is 2.35. The largest absolute Gasteiger partial charge is 0.379 e. The molecule has 1 aliphatic carbocycles. The predicted molar refractivity (Wildman–Crippen MR) is 62.5 cm³/mol. The molecule has 1 heterocycles. The minimum Gasteiger partial charge on any atom is -0.379 e. The van der Waals surface area contributed by atoms with Crippen LogP contribution in [0.2, 0.25) is 0 Å². The number of carbonyl (C=O) groups excluding carboxylic acids is 1. The summed E-state index contributed by atoms with van der Waals surface area (Å²) in [4.78, 5) is 11.5. The van der Waals surface area contributed by atoms with Crippen LogP contribution >= 0.6 is 0 Å². The second-order valence-electron chi connectivity index (χ2n) is 4.22. The van der Waals surface area contributed by atoms with Gasteiger partial charge >= 0.3 is 0 Å². The summed E-state index contributed by atoms with van der Waals surface area (Å²) < 4.78 is 0. The lowest BCUT2D eigenvalue weighted by atomic mass is 9.95. The van der Waals surface area contributed by atoms with E-state index < -0.39 is 0 Å². The smallest absolute Gasteiger partial charge is 0.271 e. The van der Waals surface area contributed by atoms with Gasteiger partial charge in [0.2, 0.25) is 0 Å². The Morgan fingerprint density at radius 2 is 2.19 bits per heavy atom. The topological polar surface area (TPSA) is 69.8 Å². The van der Waals surface area contributed by atoms with E-state index in [0.29, 0.717) is 11.7 Å². The number of aromatic nitrogens is 2. The summed E-state index contributed by atoms with van der Waals surface area (Å²) in [6.07, 6.45) is 7.90. The van der Waals surface area contributed by atoms with Crippen LogP contribution in [0.3, 0.4) is 0 Å². The van der Waals surface area contributed by atoms with Gasteiger partial charge in [-0.2, -0.15) is 5.10 Å². The first kappa shape index (κ1) is 11.0. The maximum Gasteiger partial charge on any atom is 0.271 e. The number of carbonyl (C=O) groups is 1. The highest BCUT2D eigenvalue weighted by atomic mass is 16.1. The first-order valence-corrected chi connectivity index (χ1v) is 5.83. The lowest BCUT2D eigenvalue weighted by Crippen LogP contribution is -2.25. The zero-order valence-corrected chi connectivity index (χ0v) is 9.55. The number of H-pyrrole nitrogens is 1. The number of hydrogen-bond acceptors (Lipinski definition) is 3. The zero-order chi connectivity index (χ0) is 11.4. The standard InChI is InChI=1S/C11H18N4O/c1-12-11(16)10-9(7-13-15-10)14-8-5-3-2-4-6-8/h7-8,14H,2-6H2,1H3,(H,12,16)(H,13,15). The van der Waals surface area contributed by atoms with E-state index in [1.165, 1.54) is 32.1 Å². The fourth-order valence-electron chi connectivity index (χ4n) is 2.16. The molecule has 1 aromatic heterocycles. The molecular weight excluding hydrogens is 204 g/mol. The van der Waals surface area contributed by atoms with Gasteiger partial charge in [-0.15, -0.1) is 0 Å². The monoisotopic (exact) mass is 222 g/mol. The van der Waals surface area contributed by atoms with Crippen molar-refractivity contribution in [1.29, 1.82) is 0 Å². The summed E-state index contributed by atoms with van der Waals surface area (Å²) in [5.41, 5.74) is 1.33. The third-order valence-corrected chi connectivity index (χ3v) is 3.06. The number of anilines is 1. The maximum absolute atomic E-state index is 11.5. The average Bonchev–Trinajstić information content (AvgIpc) is 2.77. The molecule has 0 radical (unpaired) electrons. The van der Waals surface area contributed by atoms with E-state index in [2.05, 4.69) is 20.8 Å². The molecule has 0 aliphatic heterocycles. The van der Waals surface area contributed by atoms with Gasteiger partial charge in [0.15, 0.2) is 0 Å². The van der Waals surface area contributed by atoms with Crippen LogP contribution < -0.4 is 10.6 Å². The molecule has 88 valence electrons. The van der Waals surface area contributed by atoms with Gasteiger partial charge in [-0.25, -0.2) is 0 Å². The Kier molecular flexibility index (Phi) is 3.44. The van der Waals surface area contributed by atoms with Crippen molar-refractivity contribution < 1.29 is 4.79 Å². The summed E-state index contributed by atoms with van der Waals surface area (Å²) in [6, 6.07) is 0.481. The summed E-state index contributed by atoms with van der Waals surface area (Å²) in [5.74, 6) is -0.129. The van der Waals surface area contributed by atoms with Crippen molar-refractivity contribution in [3.05, 3.63) is 11.9 Å². The van der Waals surface area contributed by atoms with Gasteiger partial charge in [0.05, 0.1) is 11.9 Å². The van der Waals surface area contributed by atoms with Gasteiger partial charge in [-0.05, 0) is 12.8 Å². The quantitative estimate of drug-likeness (QED) is 0.726. The normalized spacial score (nSPS) is 17.1. The fourth-order valence-corrected chi connectivity index (χ4v) is 2.16. The molecule has 0 saturated heterocycles. The van der Waals surface area contributed by atoms with E-state index in [-0.39, 0.29) is 5.91 Å². The molecule has 1 saturated carbocycles. The highest BCUT2D eigenvalue weighted by Crippen LogP contribution is 2.22. The third-order valence-electron chi connectivity index (χ3n) is 3.06. The Morgan fingerprint density at radius 1 is 1.44 bits per heavy atom. The fraction of sp³-hybridized carbons (Fsp3) is 0.636. The molecule has 1 aromatic rings. The molecule has 1 aliphatic rings. The SMILES string of the molecule is CNC(=O)c1[nH]ncc1NC1CCCCC1. The minimum atomic E-state index is -0.129. The van der Waals surface area contributed by atoms with Crippen LogP contribution in [0.1, 0.15) is 42.6 Å². The van der Waals surface area contributed by atoms with Gasteiger partial charge in [0.1, 0.15) is 5.69 Å². The Morgan fingerprint density at radius 3 is 2.88 bits per heavy atom. The number of amides is 1. The van der Waals surface area contributed by atoms with E-state index in [1.807, 2.05) is 0 Å². The molecule has 0 bridgehead atoms. The number of nitrogens with zero attached hydrogens (tertiary/aromatic N) is 1. The second kappa shape index (κ2) is 5.01. The van der Waals surface area contributed by atoms with Crippen LogP contribution in [0.25, 0.3) is 0 Å². The van der Waals surface area contributed by atoms with Crippen molar-refractivity contribution in [2.24, 2.45) is 0 Å². The molecule has 1 amide bonds. The summed E-state index contributed by atoms with van der Waals surface area (Å²) >= 11 is 0. The molecule has 0 unspecified atom stereocenters. The maximum atomic E-state index is 11.5. The van der Waals surface area contributed by atoms with Crippen molar-refractivity contribution in [3.8, 4) is 0 Å². The molecule has 5 heteroatoms. The molecule has 0 spiro atoms. The highest BCUT2D eigenvalue weighted by molar-refractivity contribution is 5.97. The van der Waals surface area contributed by atoms with E-state index in [1.54, 1.807) is 13.2 Å². The average molecular weight is 222 g/mol. The number of rotatable bonds is 3. The minimum absolute atomic E-state index is 0.129. The molecule has 3 N–H and O–H groups in total. The van der Waals surface area contributed by atoms with Crippen LogP contribution in [-0.2, 0) is 0 Å². The Balaban J connectivity index is 2.03. The Hall–Kier alpha value is -1.52. The van der Waals surface area contributed by atoms with E-state index >= 15 is 0 Å². The van der Waals surface area contributed by atoms with E-state index in [9.17, 15) is 4.79 Å². The molecule has 2 rings (SSSR count). The lowest BCUT2D eigenvalue weighted by Gasteiger charge is -2.23. The summed E-state index contributed by atoms with van der Waals surface area (Å²) in [7, 11) is 1.62. The van der Waals surface area contributed by atoms with Crippen molar-refractivity contribution in [2.45, 2.75) is 38.1 Å². The number of nitrogens with one attached hydrogen (secondary N) is 3. The van der Waals surface area contributed by atoms with Gasteiger partial charge in [0.25, 0.3) is 5.91 Å². The van der Waals surface area contributed by atoms with Crippen molar-refractivity contribution >= 4 is 11.6 Å². The van der Waals surface area contributed by atoms with Crippen molar-refractivity contribution in [2.75, 3.05) is 12.4 Å². The zero-order valence-electron chi connectivity index (χ0n) is 9.55. The Bertz CT molecular complexity index is 355. The van der Waals surface area contributed by atoms with Gasteiger partial charge < -0.3 is 10.6 Å². The molecule has 1 fully saturated rings. The lowest BCUT2D eigenvalue weighted by molar-refractivity contribution is 0.0959. The van der Waals surface area contributed by atoms with Crippen LogP contribution in [0.4, 0.5) is 5.69 Å². The first-order chi connectivity index (χ1) is 7.81. The van der Waals surface area contributed by atoms with Gasteiger partial charge in [0, 0.05) is 13.1 Å². The van der Waals surface area contributed by atoms with E-state index in [0.717, 1.165) is 5.69 Å². The van der Waals surface area contributed by atoms with Crippen LogP contribution in [0, 0.1) is 0 Å². The van der Waals surface area contributed by atoms with Crippen molar-refractivity contribution in [1.82, 2.24) is 15.5 Å².